The third-order valence-corrected chi connectivity index (χ3v) is 4.65. The summed E-state index contributed by atoms with van der Waals surface area (Å²) in [6, 6.07) is 13.1. The number of aromatic nitrogens is 3. The minimum atomic E-state index is -0.151. The fourth-order valence-electron chi connectivity index (χ4n) is 2.88. The second kappa shape index (κ2) is 8.64. The van der Waals surface area contributed by atoms with Gasteiger partial charge < -0.3 is 5.32 Å². The molecule has 0 fully saturated rings. The van der Waals surface area contributed by atoms with Crippen molar-refractivity contribution in [1.82, 2.24) is 20.1 Å². The molecule has 27 heavy (non-hydrogen) atoms. The Kier molecular flexibility index (Phi) is 6.04. The Morgan fingerprint density at radius 1 is 1.19 bits per heavy atom. The van der Waals surface area contributed by atoms with Crippen LogP contribution >= 0.6 is 11.6 Å². The molecular weight excluding hydrogens is 360 g/mol. The minimum Gasteiger partial charge on any atom is -0.352 e. The summed E-state index contributed by atoms with van der Waals surface area (Å²) >= 11 is 6.08. The van der Waals surface area contributed by atoms with E-state index in [1.54, 1.807) is 18.3 Å². The van der Waals surface area contributed by atoms with Crippen LogP contribution in [0.1, 0.15) is 22.5 Å². The molecule has 5 nitrogen and oxygen atoms in total. The molecule has 0 aliphatic rings. The highest BCUT2D eigenvalue weighted by Crippen LogP contribution is 2.17. The van der Waals surface area contributed by atoms with Crippen molar-refractivity contribution < 1.29 is 4.79 Å². The maximum atomic E-state index is 12.0. The van der Waals surface area contributed by atoms with Crippen molar-refractivity contribution in [2.45, 2.75) is 20.3 Å². The summed E-state index contributed by atoms with van der Waals surface area (Å²) in [5.41, 5.74) is 3.92. The average molecular weight is 381 g/mol. The molecular formula is C21H21ClN4O. The topological polar surface area (TPSA) is 59.8 Å². The van der Waals surface area contributed by atoms with Crippen LogP contribution in [0.3, 0.4) is 0 Å². The van der Waals surface area contributed by atoms with Crippen LogP contribution in [0, 0.1) is 13.8 Å². The first-order chi connectivity index (χ1) is 13.1. The first-order valence-electron chi connectivity index (χ1n) is 8.73. The molecule has 3 rings (SSSR count). The molecule has 2 heterocycles. The predicted octanol–water partition coefficient (Wildman–Crippen LogP) is 3.91. The number of amides is 1. The number of pyridine rings is 1. The third kappa shape index (κ3) is 4.63. The van der Waals surface area contributed by atoms with E-state index in [1.807, 2.05) is 54.9 Å². The summed E-state index contributed by atoms with van der Waals surface area (Å²) in [5.74, 6) is 0.637. The van der Waals surface area contributed by atoms with Gasteiger partial charge in [0, 0.05) is 29.5 Å². The molecule has 0 aliphatic carbocycles. The van der Waals surface area contributed by atoms with Crippen LogP contribution in [-0.4, -0.2) is 27.2 Å². The predicted molar refractivity (Wildman–Crippen MR) is 108 cm³/mol. The Labute approximate surface area is 163 Å². The van der Waals surface area contributed by atoms with E-state index >= 15 is 0 Å². The molecule has 0 spiro atoms. The lowest BCUT2D eigenvalue weighted by atomic mass is 10.1. The van der Waals surface area contributed by atoms with Crippen molar-refractivity contribution in [2.75, 3.05) is 6.54 Å². The van der Waals surface area contributed by atoms with Gasteiger partial charge in [-0.15, -0.1) is 0 Å². The normalized spacial score (nSPS) is 11.1. The minimum absolute atomic E-state index is 0.151. The molecule has 0 unspecified atom stereocenters. The smallest absolute Gasteiger partial charge is 0.244 e. The Morgan fingerprint density at radius 2 is 1.96 bits per heavy atom. The van der Waals surface area contributed by atoms with E-state index in [1.165, 1.54) is 6.08 Å². The van der Waals surface area contributed by atoms with Gasteiger partial charge >= 0.3 is 0 Å². The van der Waals surface area contributed by atoms with Crippen molar-refractivity contribution in [3.05, 3.63) is 82.3 Å². The molecule has 0 saturated heterocycles. The van der Waals surface area contributed by atoms with Crippen LogP contribution in [0.5, 0.6) is 0 Å². The van der Waals surface area contributed by atoms with Gasteiger partial charge in [0.2, 0.25) is 5.91 Å². The fourth-order valence-corrected chi connectivity index (χ4v) is 3.08. The van der Waals surface area contributed by atoms with E-state index in [2.05, 4.69) is 15.4 Å². The van der Waals surface area contributed by atoms with Crippen molar-refractivity contribution >= 4 is 23.6 Å². The Morgan fingerprint density at radius 3 is 2.70 bits per heavy atom. The zero-order chi connectivity index (χ0) is 19.2. The van der Waals surface area contributed by atoms with Crippen LogP contribution in [0.15, 0.2) is 54.7 Å². The van der Waals surface area contributed by atoms with E-state index in [-0.39, 0.29) is 5.91 Å². The number of rotatable bonds is 6. The number of nitrogens with zero attached hydrogens (tertiary/aromatic N) is 3. The van der Waals surface area contributed by atoms with E-state index in [0.29, 0.717) is 18.0 Å². The van der Waals surface area contributed by atoms with Crippen molar-refractivity contribution in [3.63, 3.8) is 0 Å². The highest BCUT2D eigenvalue weighted by atomic mass is 35.5. The summed E-state index contributed by atoms with van der Waals surface area (Å²) in [7, 11) is 0. The van der Waals surface area contributed by atoms with Crippen LogP contribution in [-0.2, 0) is 11.2 Å². The highest BCUT2D eigenvalue weighted by molar-refractivity contribution is 6.32. The molecule has 6 heteroatoms. The summed E-state index contributed by atoms with van der Waals surface area (Å²) in [4.78, 5) is 16.4. The fraction of sp³-hybridized carbons (Fsp3) is 0.190. The first-order valence-corrected chi connectivity index (χ1v) is 9.11. The number of carbonyl (C=O) groups excluding carboxylic acids is 1. The first kappa shape index (κ1) is 18.9. The molecule has 0 bridgehead atoms. The van der Waals surface area contributed by atoms with Gasteiger partial charge in [-0.3, -0.25) is 4.79 Å². The molecule has 1 aromatic carbocycles. The second-order valence-corrected chi connectivity index (χ2v) is 6.55. The molecule has 1 N–H and O–H groups in total. The lowest BCUT2D eigenvalue weighted by Crippen LogP contribution is -2.23. The van der Waals surface area contributed by atoms with E-state index in [9.17, 15) is 4.79 Å². The molecule has 3 aromatic rings. The van der Waals surface area contributed by atoms with E-state index in [4.69, 9.17) is 11.6 Å². The second-order valence-electron chi connectivity index (χ2n) is 6.14. The van der Waals surface area contributed by atoms with Crippen molar-refractivity contribution in [3.8, 4) is 5.82 Å². The third-order valence-electron chi connectivity index (χ3n) is 4.30. The van der Waals surface area contributed by atoms with Gasteiger partial charge in [0.1, 0.15) is 0 Å². The Hall–Kier alpha value is -2.92. The van der Waals surface area contributed by atoms with Gasteiger partial charge in [0.05, 0.1) is 5.69 Å². The lowest BCUT2D eigenvalue weighted by molar-refractivity contribution is -0.116. The number of halogens is 1. The number of nitrogens with one attached hydrogen (secondary N) is 1. The lowest BCUT2D eigenvalue weighted by Gasteiger charge is -2.05. The zero-order valence-corrected chi connectivity index (χ0v) is 16.1. The molecule has 0 saturated carbocycles. The molecule has 0 aliphatic heterocycles. The quantitative estimate of drug-likeness (QED) is 0.659. The Balaban J connectivity index is 1.60. The van der Waals surface area contributed by atoms with Crippen molar-refractivity contribution in [1.29, 1.82) is 0 Å². The SMILES string of the molecule is Cc1nn(-c2ccccn2)c(C)c1CCNC(=O)C=Cc1ccccc1Cl. The summed E-state index contributed by atoms with van der Waals surface area (Å²) in [6.45, 7) is 4.52. The molecule has 0 radical (unpaired) electrons. The monoisotopic (exact) mass is 380 g/mol. The standard InChI is InChI=1S/C21H21ClN4O/c1-15-18(16(2)26(25-15)20-9-5-6-13-23-20)12-14-24-21(27)11-10-17-7-3-4-8-19(17)22/h3-11,13H,12,14H2,1-2H3,(H,24,27). The van der Waals surface area contributed by atoms with Crippen LogP contribution in [0.2, 0.25) is 5.02 Å². The zero-order valence-electron chi connectivity index (χ0n) is 15.3. The number of aryl methyl sites for hydroxylation is 1. The number of carbonyl (C=O) groups is 1. The van der Waals surface area contributed by atoms with E-state index < -0.39 is 0 Å². The summed E-state index contributed by atoms with van der Waals surface area (Å²) in [5, 5.41) is 8.10. The van der Waals surface area contributed by atoms with Gasteiger partial charge in [0.25, 0.3) is 0 Å². The average Bonchev–Trinajstić information content (AvgIpc) is 2.96. The largest absolute Gasteiger partial charge is 0.352 e. The number of hydrogen-bond acceptors (Lipinski definition) is 3. The molecule has 1 amide bonds. The highest BCUT2D eigenvalue weighted by Gasteiger charge is 2.13. The molecule has 0 atom stereocenters. The number of benzene rings is 1. The van der Waals surface area contributed by atoms with E-state index in [0.717, 1.165) is 28.3 Å². The van der Waals surface area contributed by atoms with Crippen LogP contribution in [0.25, 0.3) is 11.9 Å². The Bertz CT molecular complexity index is 964. The van der Waals surface area contributed by atoms with Gasteiger partial charge in [-0.2, -0.15) is 5.10 Å². The van der Waals surface area contributed by atoms with Crippen molar-refractivity contribution in [2.24, 2.45) is 0 Å². The van der Waals surface area contributed by atoms with Gasteiger partial charge in [0.15, 0.2) is 5.82 Å². The summed E-state index contributed by atoms with van der Waals surface area (Å²) in [6.07, 6.45) is 5.67. The molecule has 2 aromatic heterocycles. The van der Waals surface area contributed by atoms with Gasteiger partial charge in [-0.1, -0.05) is 35.9 Å². The maximum absolute atomic E-state index is 12.0. The van der Waals surface area contributed by atoms with Crippen LogP contribution in [0.4, 0.5) is 0 Å². The van der Waals surface area contributed by atoms with Gasteiger partial charge in [-0.25, -0.2) is 9.67 Å². The summed E-state index contributed by atoms with van der Waals surface area (Å²) < 4.78 is 1.84. The number of hydrogen-bond donors (Lipinski definition) is 1. The van der Waals surface area contributed by atoms with Crippen LogP contribution < -0.4 is 5.32 Å². The maximum Gasteiger partial charge on any atom is 0.244 e. The molecule has 138 valence electrons. The van der Waals surface area contributed by atoms with Gasteiger partial charge in [-0.05, 0) is 55.7 Å².